The summed E-state index contributed by atoms with van der Waals surface area (Å²) in [5, 5.41) is 4.06. The average molecular weight is 298 g/mol. The van der Waals surface area contributed by atoms with Crippen molar-refractivity contribution in [2.24, 2.45) is 5.41 Å². The van der Waals surface area contributed by atoms with Crippen molar-refractivity contribution in [1.29, 1.82) is 0 Å². The molecule has 0 amide bonds. The second-order valence-electron chi connectivity index (χ2n) is 8.23. The molecule has 2 nitrogen and oxygen atoms in total. The van der Waals surface area contributed by atoms with Gasteiger partial charge in [-0.3, -0.25) is 4.90 Å². The number of hydrogen-bond acceptors (Lipinski definition) is 2. The maximum atomic E-state index is 4.06. The molecular formula is C20H30N2. The lowest BCUT2D eigenvalue weighted by atomic mass is 9.56. The third-order valence-corrected chi connectivity index (χ3v) is 6.74. The normalized spacial score (nSPS) is 37.5. The van der Waals surface area contributed by atoms with Gasteiger partial charge in [-0.15, -0.1) is 0 Å². The highest BCUT2D eigenvalue weighted by molar-refractivity contribution is 5.27. The number of fused-ring (bicyclic) bond motifs is 1. The van der Waals surface area contributed by atoms with E-state index in [2.05, 4.69) is 54.4 Å². The molecule has 1 saturated carbocycles. The Kier molecular flexibility index (Phi) is 3.78. The van der Waals surface area contributed by atoms with Gasteiger partial charge in [0.25, 0.3) is 0 Å². The van der Waals surface area contributed by atoms with Crippen molar-refractivity contribution in [3.8, 4) is 0 Å². The summed E-state index contributed by atoms with van der Waals surface area (Å²) >= 11 is 0. The zero-order chi connectivity index (χ0) is 15.2. The van der Waals surface area contributed by atoms with Gasteiger partial charge in [0.05, 0.1) is 0 Å². The Bertz CT molecular complexity index is 510. The standard InChI is InChI=1S/C20H30N2/c1-20(2)16(15-8-4-3-5-9-15)14-19(20)21-17-11-13-22-12-7-6-10-18(17)22/h3-5,8-9,16-19,21H,6-7,10-14H2,1-2H3/t16-,17-,18+,19-/m1/s1. The largest absolute Gasteiger partial charge is 0.309 e. The number of benzene rings is 1. The summed E-state index contributed by atoms with van der Waals surface area (Å²) < 4.78 is 0. The van der Waals surface area contributed by atoms with Crippen LogP contribution in [-0.2, 0) is 0 Å². The minimum atomic E-state index is 0.378. The van der Waals surface area contributed by atoms with Crippen LogP contribution in [0.3, 0.4) is 0 Å². The van der Waals surface area contributed by atoms with Crippen molar-refractivity contribution < 1.29 is 0 Å². The zero-order valence-corrected chi connectivity index (χ0v) is 14.1. The van der Waals surface area contributed by atoms with Gasteiger partial charge in [-0.25, -0.2) is 0 Å². The predicted octanol–water partition coefficient (Wildman–Crippen LogP) is 3.79. The quantitative estimate of drug-likeness (QED) is 0.913. The molecule has 2 heteroatoms. The molecule has 2 heterocycles. The Morgan fingerprint density at radius 2 is 1.86 bits per heavy atom. The van der Waals surface area contributed by atoms with E-state index in [0.29, 0.717) is 11.5 Å². The number of piperidine rings is 1. The molecule has 0 aromatic heterocycles. The van der Waals surface area contributed by atoms with Crippen molar-refractivity contribution >= 4 is 0 Å². The molecule has 0 unspecified atom stereocenters. The first kappa shape index (κ1) is 14.7. The van der Waals surface area contributed by atoms with Crippen molar-refractivity contribution in [1.82, 2.24) is 10.2 Å². The number of nitrogens with one attached hydrogen (secondary N) is 1. The molecule has 4 atom stereocenters. The maximum absolute atomic E-state index is 4.06. The lowest BCUT2D eigenvalue weighted by Crippen LogP contribution is -2.60. The van der Waals surface area contributed by atoms with Gasteiger partial charge in [0, 0.05) is 24.7 Å². The van der Waals surface area contributed by atoms with Crippen LogP contribution in [0.25, 0.3) is 0 Å². The predicted molar refractivity (Wildman–Crippen MR) is 92.1 cm³/mol. The van der Waals surface area contributed by atoms with Crippen LogP contribution in [0.4, 0.5) is 0 Å². The first-order valence-electron chi connectivity index (χ1n) is 9.21. The van der Waals surface area contributed by atoms with Gasteiger partial charge in [-0.1, -0.05) is 50.6 Å². The zero-order valence-electron chi connectivity index (χ0n) is 14.1. The lowest BCUT2D eigenvalue weighted by Gasteiger charge is -2.54. The third-order valence-electron chi connectivity index (χ3n) is 6.74. The molecule has 0 spiro atoms. The van der Waals surface area contributed by atoms with E-state index < -0.39 is 0 Å². The van der Waals surface area contributed by atoms with Gasteiger partial charge in [0.2, 0.25) is 0 Å². The van der Waals surface area contributed by atoms with Crippen LogP contribution in [0.2, 0.25) is 0 Å². The van der Waals surface area contributed by atoms with Crippen LogP contribution >= 0.6 is 0 Å². The molecule has 1 aromatic carbocycles. The average Bonchev–Trinajstić information content (AvgIpc) is 2.95. The molecule has 2 aliphatic heterocycles. The van der Waals surface area contributed by atoms with Crippen LogP contribution in [-0.4, -0.2) is 36.1 Å². The van der Waals surface area contributed by atoms with Crippen LogP contribution in [0.15, 0.2) is 30.3 Å². The van der Waals surface area contributed by atoms with Crippen LogP contribution in [0.1, 0.15) is 57.4 Å². The van der Waals surface area contributed by atoms with Crippen LogP contribution < -0.4 is 5.32 Å². The summed E-state index contributed by atoms with van der Waals surface area (Å²) in [6.45, 7) is 7.57. The highest BCUT2D eigenvalue weighted by atomic mass is 15.2. The van der Waals surface area contributed by atoms with E-state index in [0.717, 1.165) is 18.0 Å². The Hall–Kier alpha value is -0.860. The van der Waals surface area contributed by atoms with E-state index in [-0.39, 0.29) is 0 Å². The monoisotopic (exact) mass is 298 g/mol. The Morgan fingerprint density at radius 3 is 2.64 bits per heavy atom. The van der Waals surface area contributed by atoms with Crippen molar-refractivity contribution in [2.45, 2.75) is 70.0 Å². The summed E-state index contributed by atoms with van der Waals surface area (Å²) in [6.07, 6.45) is 6.91. The molecule has 1 aromatic rings. The van der Waals surface area contributed by atoms with Gasteiger partial charge in [0.1, 0.15) is 0 Å². The Labute approximate surface area is 135 Å². The van der Waals surface area contributed by atoms with Crippen LogP contribution in [0, 0.1) is 5.41 Å². The fourth-order valence-corrected chi connectivity index (χ4v) is 5.16. The third kappa shape index (κ3) is 2.41. The molecule has 1 aliphatic carbocycles. The molecule has 2 saturated heterocycles. The van der Waals surface area contributed by atoms with Gasteiger partial charge >= 0.3 is 0 Å². The summed E-state index contributed by atoms with van der Waals surface area (Å²) in [6, 6.07) is 13.3. The summed E-state index contributed by atoms with van der Waals surface area (Å²) in [7, 11) is 0. The van der Waals surface area contributed by atoms with Crippen LogP contribution in [0.5, 0.6) is 0 Å². The first-order valence-corrected chi connectivity index (χ1v) is 9.21. The van der Waals surface area contributed by atoms with E-state index in [9.17, 15) is 0 Å². The van der Waals surface area contributed by atoms with E-state index in [1.165, 1.54) is 50.8 Å². The van der Waals surface area contributed by atoms with E-state index in [4.69, 9.17) is 0 Å². The smallest absolute Gasteiger partial charge is 0.0249 e. The Balaban J connectivity index is 1.41. The molecule has 0 radical (unpaired) electrons. The fraction of sp³-hybridized carbons (Fsp3) is 0.700. The minimum Gasteiger partial charge on any atom is -0.309 e. The van der Waals surface area contributed by atoms with Crippen molar-refractivity contribution in [2.75, 3.05) is 13.1 Å². The minimum absolute atomic E-state index is 0.378. The molecule has 1 N–H and O–H groups in total. The van der Waals surface area contributed by atoms with Crippen molar-refractivity contribution in [3.05, 3.63) is 35.9 Å². The summed E-state index contributed by atoms with van der Waals surface area (Å²) in [4.78, 5) is 2.74. The number of nitrogens with zero attached hydrogens (tertiary/aromatic N) is 1. The van der Waals surface area contributed by atoms with E-state index in [1.54, 1.807) is 0 Å². The first-order chi connectivity index (χ1) is 10.7. The highest BCUT2D eigenvalue weighted by Gasteiger charge is 2.50. The maximum Gasteiger partial charge on any atom is 0.0249 e. The molecule has 120 valence electrons. The second-order valence-corrected chi connectivity index (χ2v) is 8.23. The molecule has 0 bridgehead atoms. The van der Waals surface area contributed by atoms with E-state index >= 15 is 0 Å². The lowest BCUT2D eigenvalue weighted by molar-refractivity contribution is 0.0521. The SMILES string of the molecule is CC1(C)[C@@H](c2ccccc2)C[C@H]1N[C@@H]1CCN2CCCC[C@@H]12. The number of rotatable bonds is 3. The molecule has 22 heavy (non-hydrogen) atoms. The fourth-order valence-electron chi connectivity index (χ4n) is 5.16. The van der Waals surface area contributed by atoms with Crippen molar-refractivity contribution in [3.63, 3.8) is 0 Å². The summed E-state index contributed by atoms with van der Waals surface area (Å²) in [5.74, 6) is 0.718. The summed E-state index contributed by atoms with van der Waals surface area (Å²) in [5.41, 5.74) is 1.90. The molecule has 3 aliphatic rings. The molecular weight excluding hydrogens is 268 g/mol. The number of hydrogen-bond donors (Lipinski definition) is 1. The molecule has 4 rings (SSSR count). The Morgan fingerprint density at radius 1 is 1.05 bits per heavy atom. The van der Waals surface area contributed by atoms with Gasteiger partial charge < -0.3 is 5.32 Å². The second kappa shape index (κ2) is 5.65. The van der Waals surface area contributed by atoms with Gasteiger partial charge in [-0.2, -0.15) is 0 Å². The topological polar surface area (TPSA) is 15.3 Å². The molecule has 3 fully saturated rings. The highest BCUT2D eigenvalue weighted by Crippen LogP contribution is 2.52. The van der Waals surface area contributed by atoms with Gasteiger partial charge in [0.15, 0.2) is 0 Å². The van der Waals surface area contributed by atoms with Gasteiger partial charge in [-0.05, 0) is 49.1 Å². The van der Waals surface area contributed by atoms with E-state index in [1.807, 2.05) is 0 Å².